The van der Waals surface area contributed by atoms with E-state index in [2.05, 4.69) is 37.2 Å². The van der Waals surface area contributed by atoms with E-state index in [1.165, 1.54) is 11.0 Å². The number of piperazine rings is 1. The van der Waals surface area contributed by atoms with Gasteiger partial charge in [-0.15, -0.1) is 0 Å². The summed E-state index contributed by atoms with van der Waals surface area (Å²) in [5.74, 6) is -0.707. The van der Waals surface area contributed by atoms with Gasteiger partial charge in [0.25, 0.3) is 0 Å². The number of anilines is 1. The second-order valence-corrected chi connectivity index (χ2v) is 8.96. The highest BCUT2D eigenvalue weighted by Crippen LogP contribution is 2.35. The molecule has 3 amide bonds. The van der Waals surface area contributed by atoms with Crippen molar-refractivity contribution in [2.24, 2.45) is 0 Å². The molecule has 146 valence electrons. The van der Waals surface area contributed by atoms with Crippen molar-refractivity contribution in [3.8, 4) is 0 Å². The minimum absolute atomic E-state index is 0.0372. The van der Waals surface area contributed by atoms with Crippen LogP contribution in [0.3, 0.4) is 0 Å². The van der Waals surface area contributed by atoms with E-state index < -0.39 is 11.8 Å². The van der Waals surface area contributed by atoms with Gasteiger partial charge < -0.3 is 15.1 Å². The van der Waals surface area contributed by atoms with Gasteiger partial charge in [0, 0.05) is 27.1 Å². The zero-order valence-electron chi connectivity index (χ0n) is 14.5. The summed E-state index contributed by atoms with van der Waals surface area (Å²) in [6.45, 7) is 0.884. The van der Waals surface area contributed by atoms with E-state index in [9.17, 15) is 14.0 Å². The molecule has 1 fully saturated rings. The molecule has 0 radical (unpaired) electrons. The minimum atomic E-state index is -0.575. The van der Waals surface area contributed by atoms with Gasteiger partial charge in [-0.3, -0.25) is 4.79 Å². The number of carbonyl (C=O) groups is 2. The quantitative estimate of drug-likeness (QED) is 0.565. The summed E-state index contributed by atoms with van der Waals surface area (Å²) >= 11 is 12.6. The molecule has 1 N–H and O–H groups in total. The molecule has 2 aliphatic heterocycles. The number of rotatable bonds is 1. The molecule has 28 heavy (non-hydrogen) atoms. The second-order valence-electron chi connectivity index (χ2n) is 6.75. The zero-order valence-corrected chi connectivity index (χ0v) is 18.4. The van der Waals surface area contributed by atoms with Crippen LogP contribution in [0.15, 0.2) is 39.3 Å². The van der Waals surface area contributed by atoms with Gasteiger partial charge in [-0.05, 0) is 57.7 Å². The molecular weight excluding hydrogens is 516 g/mol. The molecule has 1 atom stereocenters. The van der Waals surface area contributed by atoms with Gasteiger partial charge in [-0.1, -0.05) is 33.6 Å². The fourth-order valence-electron chi connectivity index (χ4n) is 3.69. The van der Waals surface area contributed by atoms with Gasteiger partial charge in [0.05, 0.1) is 11.7 Å². The number of carbonyl (C=O) groups excluding carboxylic acids is 2. The summed E-state index contributed by atoms with van der Waals surface area (Å²) in [6, 6.07) is 7.78. The molecule has 0 unspecified atom stereocenters. The summed E-state index contributed by atoms with van der Waals surface area (Å²) in [5, 5.41) is 3.17. The largest absolute Gasteiger partial charge is 0.332 e. The molecule has 0 aliphatic carbocycles. The minimum Gasteiger partial charge on any atom is -0.332 e. The van der Waals surface area contributed by atoms with E-state index in [1.807, 2.05) is 18.2 Å². The lowest BCUT2D eigenvalue weighted by molar-refractivity contribution is -0.139. The highest BCUT2D eigenvalue weighted by Gasteiger charge is 2.38. The Kier molecular flexibility index (Phi) is 5.37. The van der Waals surface area contributed by atoms with Crippen LogP contribution in [0.5, 0.6) is 0 Å². The summed E-state index contributed by atoms with van der Waals surface area (Å²) in [7, 11) is 0. The molecule has 2 aromatic rings. The molecule has 0 saturated carbocycles. The Labute approximate surface area is 183 Å². The number of nitrogens with one attached hydrogen (secondary N) is 1. The topological polar surface area (TPSA) is 52.7 Å². The average Bonchev–Trinajstić information content (AvgIpc) is 2.64. The van der Waals surface area contributed by atoms with Crippen LogP contribution in [0, 0.1) is 5.82 Å². The molecule has 4 rings (SSSR count). The third-order valence-corrected chi connectivity index (χ3v) is 6.35. The van der Waals surface area contributed by atoms with E-state index in [0.29, 0.717) is 27.1 Å². The first-order chi connectivity index (χ1) is 13.3. The van der Waals surface area contributed by atoms with Gasteiger partial charge in [0.1, 0.15) is 12.4 Å². The number of amides is 3. The molecule has 0 aromatic heterocycles. The second kappa shape index (κ2) is 7.65. The molecule has 9 heteroatoms. The molecular formula is C19H15Br2ClFN3O2. The lowest BCUT2D eigenvalue weighted by atomic mass is 9.91. The summed E-state index contributed by atoms with van der Waals surface area (Å²) < 4.78 is 15.2. The van der Waals surface area contributed by atoms with Gasteiger partial charge in [-0.2, -0.15) is 0 Å². The monoisotopic (exact) mass is 529 g/mol. The smallest absolute Gasteiger partial charge is 0.322 e. The van der Waals surface area contributed by atoms with E-state index in [-0.39, 0.29) is 24.2 Å². The highest BCUT2D eigenvalue weighted by molar-refractivity contribution is 9.11. The maximum atomic E-state index is 14.2. The maximum absolute atomic E-state index is 14.2. The molecule has 2 aromatic carbocycles. The Morgan fingerprint density at radius 3 is 2.79 bits per heavy atom. The fraction of sp³-hybridized carbons (Fsp3) is 0.263. The van der Waals surface area contributed by atoms with Crippen LogP contribution in [0.4, 0.5) is 14.9 Å². The van der Waals surface area contributed by atoms with Crippen molar-refractivity contribution in [2.45, 2.75) is 12.5 Å². The highest BCUT2D eigenvalue weighted by atomic mass is 79.9. The summed E-state index contributed by atoms with van der Waals surface area (Å²) in [6.07, 6.45) is 0.762. The van der Waals surface area contributed by atoms with Crippen molar-refractivity contribution in [1.29, 1.82) is 0 Å². The van der Waals surface area contributed by atoms with E-state index in [0.717, 1.165) is 17.5 Å². The van der Waals surface area contributed by atoms with Crippen LogP contribution in [-0.4, -0.2) is 41.4 Å². The Balaban J connectivity index is 1.59. The van der Waals surface area contributed by atoms with Crippen LogP contribution < -0.4 is 5.32 Å². The lowest BCUT2D eigenvalue weighted by Crippen LogP contribution is -2.56. The first kappa shape index (κ1) is 19.7. The Hall–Kier alpha value is -1.64. The Bertz CT molecular complexity index is 965. The third-order valence-electron chi connectivity index (χ3n) is 5.03. The van der Waals surface area contributed by atoms with Crippen molar-refractivity contribution < 1.29 is 14.0 Å². The molecule has 5 nitrogen and oxygen atoms in total. The molecule has 0 bridgehead atoms. The Morgan fingerprint density at radius 1 is 1.25 bits per heavy atom. The van der Waals surface area contributed by atoms with E-state index >= 15 is 0 Å². The number of urea groups is 1. The average molecular weight is 532 g/mol. The number of fused-ring (bicyclic) bond motifs is 3. The van der Waals surface area contributed by atoms with Gasteiger partial charge in [0.2, 0.25) is 5.91 Å². The Morgan fingerprint density at radius 2 is 2.04 bits per heavy atom. The SMILES string of the molecule is O=C(Nc1c(F)cc(Br)cc1Br)N1CC(=O)N2CCc3ccc(Cl)cc3[C@H]2C1. The predicted molar refractivity (Wildman–Crippen MR) is 112 cm³/mol. The van der Waals surface area contributed by atoms with Crippen LogP contribution in [-0.2, 0) is 11.2 Å². The number of benzene rings is 2. The zero-order chi connectivity index (χ0) is 20.0. The van der Waals surface area contributed by atoms with Gasteiger partial charge in [-0.25, -0.2) is 9.18 Å². The van der Waals surface area contributed by atoms with Crippen molar-refractivity contribution in [3.05, 3.63) is 61.2 Å². The first-order valence-electron chi connectivity index (χ1n) is 8.62. The van der Waals surface area contributed by atoms with Gasteiger partial charge in [0.15, 0.2) is 0 Å². The number of halogens is 4. The molecule has 2 aliphatic rings. The van der Waals surface area contributed by atoms with Gasteiger partial charge >= 0.3 is 6.03 Å². The number of nitrogens with zero attached hydrogens (tertiary/aromatic N) is 2. The first-order valence-corrected chi connectivity index (χ1v) is 10.6. The van der Waals surface area contributed by atoms with Crippen molar-refractivity contribution in [3.63, 3.8) is 0 Å². The van der Waals surface area contributed by atoms with Crippen molar-refractivity contribution in [2.75, 3.05) is 25.0 Å². The van der Waals surface area contributed by atoms with Crippen LogP contribution in [0.25, 0.3) is 0 Å². The van der Waals surface area contributed by atoms with Crippen molar-refractivity contribution in [1.82, 2.24) is 9.80 Å². The van der Waals surface area contributed by atoms with E-state index in [1.54, 1.807) is 11.0 Å². The fourth-order valence-corrected chi connectivity index (χ4v) is 5.15. The van der Waals surface area contributed by atoms with Crippen LogP contribution in [0.2, 0.25) is 5.02 Å². The maximum Gasteiger partial charge on any atom is 0.322 e. The van der Waals surface area contributed by atoms with Crippen LogP contribution >= 0.6 is 43.5 Å². The molecule has 0 spiro atoms. The van der Waals surface area contributed by atoms with Crippen LogP contribution in [0.1, 0.15) is 17.2 Å². The lowest BCUT2D eigenvalue weighted by Gasteiger charge is -2.44. The van der Waals surface area contributed by atoms with Crippen molar-refractivity contribution >= 4 is 61.1 Å². The summed E-state index contributed by atoms with van der Waals surface area (Å²) in [4.78, 5) is 28.6. The molecule has 1 saturated heterocycles. The third kappa shape index (κ3) is 3.65. The standard InChI is InChI=1S/C19H15Br2ClFN3O2/c20-11-5-14(21)18(15(23)6-11)24-19(28)25-8-16-13-7-12(22)2-1-10(13)3-4-26(16)17(27)9-25/h1-2,5-7,16H,3-4,8-9H2,(H,24,28)/t16-/m1/s1. The predicted octanol–water partition coefficient (Wildman–Crippen LogP) is 4.98. The summed E-state index contributed by atoms with van der Waals surface area (Å²) in [5.41, 5.74) is 2.12. The number of hydrogen-bond acceptors (Lipinski definition) is 2. The number of hydrogen-bond donors (Lipinski definition) is 1. The van der Waals surface area contributed by atoms with E-state index in [4.69, 9.17) is 11.6 Å². The molecule has 2 heterocycles. The normalized spacial score (nSPS) is 18.6.